The van der Waals surface area contributed by atoms with Crippen molar-refractivity contribution in [3.8, 4) is 5.75 Å². The van der Waals surface area contributed by atoms with Crippen molar-refractivity contribution >= 4 is 34.2 Å². The maximum absolute atomic E-state index is 12.4. The summed E-state index contributed by atoms with van der Waals surface area (Å²) in [6.07, 6.45) is 12.1. The predicted octanol–water partition coefficient (Wildman–Crippen LogP) is 11.3. The van der Waals surface area contributed by atoms with Gasteiger partial charge in [0.05, 0.1) is 13.0 Å². The first-order valence-corrected chi connectivity index (χ1v) is 20.0. The molecule has 0 bridgehead atoms. The average molecular weight is 713 g/mol. The second-order valence-electron chi connectivity index (χ2n) is 14.1. The first-order chi connectivity index (χ1) is 24.6. The fourth-order valence-electron chi connectivity index (χ4n) is 5.73. The second-order valence-corrected chi connectivity index (χ2v) is 15.1. The third-order valence-electron chi connectivity index (χ3n) is 9.67. The Morgan fingerprint density at radius 3 is 2.20 bits per heavy atom. The molecule has 0 unspecified atom stereocenters. The molecular formula is C44H64N4O2S. The summed E-state index contributed by atoms with van der Waals surface area (Å²) in [5, 5.41) is 7.47. The number of hydrogen-bond acceptors (Lipinski definition) is 5. The second kappa shape index (κ2) is 22.3. The van der Waals surface area contributed by atoms with Gasteiger partial charge in [0.2, 0.25) is 5.91 Å². The normalized spacial score (nSPS) is 11.7. The largest absolute Gasteiger partial charge is 0.493 e. The van der Waals surface area contributed by atoms with Gasteiger partial charge in [-0.25, -0.2) is 0 Å². The molecule has 0 atom stereocenters. The SMILES string of the molecule is C=C(c1ccc(C(C)(C)CC)cc1)N(C)C(=NC)Sc1ccc(CNc2ccc(CC(=O)NCCCCCC)cc2)c(OCCCCCCC)c1. The summed E-state index contributed by atoms with van der Waals surface area (Å²) >= 11 is 1.61. The van der Waals surface area contributed by atoms with E-state index in [-0.39, 0.29) is 11.3 Å². The van der Waals surface area contributed by atoms with Crippen LogP contribution in [0.3, 0.4) is 0 Å². The zero-order valence-electron chi connectivity index (χ0n) is 32.6. The van der Waals surface area contributed by atoms with Crippen LogP contribution in [0.2, 0.25) is 0 Å². The predicted molar refractivity (Wildman–Crippen MR) is 221 cm³/mol. The number of anilines is 1. The lowest BCUT2D eigenvalue weighted by molar-refractivity contribution is -0.120. The number of unbranched alkanes of at least 4 members (excludes halogenated alkanes) is 7. The standard InChI is InChI=1S/C44H64N4O2S/c1-9-12-14-16-18-30-50-41-32-40(51-43(45-7)48(8)34(4)36-21-24-38(25-22-36)44(5,6)11-3)28-23-37(41)33-47-39-26-19-35(20-27-39)31-42(49)46-29-17-15-13-10-2/h19-28,32,47H,4,9-18,29-31,33H2,1-3,5-8H3,(H,46,49). The van der Waals surface area contributed by atoms with Gasteiger partial charge in [-0.2, -0.15) is 0 Å². The molecule has 0 aliphatic rings. The van der Waals surface area contributed by atoms with Gasteiger partial charge in [0, 0.05) is 49.0 Å². The molecule has 0 saturated carbocycles. The van der Waals surface area contributed by atoms with Crippen LogP contribution in [-0.2, 0) is 23.2 Å². The molecule has 2 N–H and O–H groups in total. The molecule has 0 saturated heterocycles. The molecule has 0 aromatic heterocycles. The Bertz CT molecular complexity index is 1520. The number of carbonyl (C=O) groups is 1. The van der Waals surface area contributed by atoms with Crippen molar-refractivity contribution in [2.45, 2.75) is 122 Å². The molecule has 6 nitrogen and oxygen atoms in total. The molecule has 51 heavy (non-hydrogen) atoms. The summed E-state index contributed by atoms with van der Waals surface area (Å²) < 4.78 is 6.43. The Balaban J connectivity index is 1.66. The van der Waals surface area contributed by atoms with E-state index in [4.69, 9.17) is 4.74 Å². The summed E-state index contributed by atoms with van der Waals surface area (Å²) in [6, 6.07) is 23.4. The highest BCUT2D eigenvalue weighted by molar-refractivity contribution is 8.13. The Morgan fingerprint density at radius 2 is 1.55 bits per heavy atom. The van der Waals surface area contributed by atoms with Crippen LogP contribution in [0.15, 0.2) is 83.2 Å². The minimum Gasteiger partial charge on any atom is -0.493 e. The van der Waals surface area contributed by atoms with Crippen LogP contribution in [0.25, 0.3) is 5.70 Å². The number of amidine groups is 1. The van der Waals surface area contributed by atoms with Gasteiger partial charge in [0.25, 0.3) is 0 Å². The number of thioether (sulfide) groups is 1. The van der Waals surface area contributed by atoms with Gasteiger partial charge in [-0.15, -0.1) is 0 Å². The number of nitrogens with one attached hydrogen (secondary N) is 2. The van der Waals surface area contributed by atoms with Gasteiger partial charge >= 0.3 is 0 Å². The average Bonchev–Trinajstić information content (AvgIpc) is 3.14. The molecule has 0 aliphatic heterocycles. The molecule has 0 heterocycles. The van der Waals surface area contributed by atoms with E-state index in [9.17, 15) is 4.79 Å². The van der Waals surface area contributed by atoms with Gasteiger partial charge in [0.1, 0.15) is 5.75 Å². The van der Waals surface area contributed by atoms with Gasteiger partial charge in [-0.3, -0.25) is 9.79 Å². The first-order valence-electron chi connectivity index (χ1n) is 19.1. The summed E-state index contributed by atoms with van der Waals surface area (Å²) in [5.41, 5.74) is 6.58. The molecule has 0 aliphatic carbocycles. The number of benzene rings is 3. The Kier molecular flexibility index (Phi) is 18.2. The zero-order chi connectivity index (χ0) is 37.1. The topological polar surface area (TPSA) is 66.0 Å². The highest BCUT2D eigenvalue weighted by Crippen LogP contribution is 2.32. The number of hydrogen-bond donors (Lipinski definition) is 2. The van der Waals surface area contributed by atoms with Crippen LogP contribution in [-0.4, -0.2) is 43.2 Å². The van der Waals surface area contributed by atoms with Gasteiger partial charge in [-0.1, -0.05) is 140 Å². The molecule has 0 radical (unpaired) electrons. The van der Waals surface area contributed by atoms with E-state index in [1.807, 2.05) is 38.4 Å². The number of carbonyl (C=O) groups excluding carboxylic acids is 1. The Hall–Kier alpha value is -3.71. The fourth-order valence-corrected chi connectivity index (χ4v) is 6.58. The van der Waals surface area contributed by atoms with Gasteiger partial charge < -0.3 is 20.3 Å². The van der Waals surface area contributed by atoms with Crippen molar-refractivity contribution in [1.29, 1.82) is 0 Å². The summed E-state index contributed by atoms with van der Waals surface area (Å²) in [4.78, 5) is 20.2. The van der Waals surface area contributed by atoms with Crippen LogP contribution in [0.5, 0.6) is 5.75 Å². The lowest BCUT2D eigenvalue weighted by Crippen LogP contribution is -2.26. The molecule has 0 spiro atoms. The van der Waals surface area contributed by atoms with Crippen LogP contribution in [0, 0.1) is 0 Å². The van der Waals surface area contributed by atoms with Crippen molar-refractivity contribution < 1.29 is 9.53 Å². The van der Waals surface area contributed by atoms with Crippen LogP contribution < -0.4 is 15.4 Å². The minimum absolute atomic E-state index is 0.0821. The van der Waals surface area contributed by atoms with E-state index in [0.29, 0.717) is 19.6 Å². The van der Waals surface area contributed by atoms with Crippen molar-refractivity contribution in [3.05, 3.63) is 95.6 Å². The van der Waals surface area contributed by atoms with E-state index in [2.05, 4.69) is 104 Å². The molecule has 7 heteroatoms. The summed E-state index contributed by atoms with van der Waals surface area (Å²) in [7, 11) is 3.86. The third-order valence-corrected chi connectivity index (χ3v) is 10.8. The maximum atomic E-state index is 12.4. The monoisotopic (exact) mass is 712 g/mol. The third kappa shape index (κ3) is 14.1. The molecule has 3 aromatic carbocycles. The van der Waals surface area contributed by atoms with Crippen molar-refractivity contribution in [1.82, 2.24) is 10.2 Å². The van der Waals surface area contributed by atoms with E-state index in [1.165, 1.54) is 50.5 Å². The fraction of sp³-hybridized carbons (Fsp3) is 0.500. The first kappa shape index (κ1) is 41.7. The van der Waals surface area contributed by atoms with Crippen molar-refractivity contribution in [2.24, 2.45) is 4.99 Å². The molecule has 278 valence electrons. The van der Waals surface area contributed by atoms with Gasteiger partial charge in [0.15, 0.2) is 5.17 Å². The summed E-state index contributed by atoms with van der Waals surface area (Å²) in [6.45, 7) is 17.7. The number of nitrogens with zero attached hydrogens (tertiary/aromatic N) is 2. The highest BCUT2D eigenvalue weighted by Gasteiger charge is 2.19. The highest BCUT2D eigenvalue weighted by atomic mass is 32.2. The Labute approximate surface area is 313 Å². The molecule has 1 amide bonds. The summed E-state index contributed by atoms with van der Waals surface area (Å²) in [5.74, 6) is 0.972. The molecule has 3 aromatic rings. The maximum Gasteiger partial charge on any atom is 0.224 e. The van der Waals surface area contributed by atoms with Gasteiger partial charge in [-0.05, 0) is 65.6 Å². The quantitative estimate of drug-likeness (QED) is 0.0470. The zero-order valence-corrected chi connectivity index (χ0v) is 33.4. The van der Waals surface area contributed by atoms with E-state index in [1.54, 1.807) is 11.8 Å². The van der Waals surface area contributed by atoms with Crippen molar-refractivity contribution in [3.63, 3.8) is 0 Å². The number of amides is 1. The Morgan fingerprint density at radius 1 is 0.882 bits per heavy atom. The lowest BCUT2D eigenvalue weighted by Gasteiger charge is -2.26. The number of ether oxygens (including phenoxy) is 1. The molecule has 3 rings (SSSR count). The molecule has 0 fully saturated rings. The minimum atomic E-state index is 0.0821. The molecular weight excluding hydrogens is 649 g/mol. The van der Waals surface area contributed by atoms with E-state index < -0.39 is 0 Å². The van der Waals surface area contributed by atoms with E-state index >= 15 is 0 Å². The van der Waals surface area contributed by atoms with Crippen molar-refractivity contribution in [2.75, 3.05) is 32.6 Å². The van der Waals surface area contributed by atoms with Crippen LogP contribution in [0.4, 0.5) is 5.69 Å². The lowest BCUT2D eigenvalue weighted by atomic mass is 9.82. The van der Waals surface area contributed by atoms with Crippen LogP contribution in [0.1, 0.15) is 121 Å². The number of rotatable bonds is 22. The smallest absolute Gasteiger partial charge is 0.224 e. The van der Waals surface area contributed by atoms with Crippen LogP contribution >= 0.6 is 11.8 Å². The number of aliphatic imine (C=N–C) groups is 1. The van der Waals surface area contributed by atoms with E-state index in [0.717, 1.165) is 69.7 Å².